The van der Waals surface area contributed by atoms with Crippen molar-refractivity contribution in [1.29, 1.82) is 0 Å². The zero-order valence-corrected chi connectivity index (χ0v) is 6.69. The van der Waals surface area contributed by atoms with Crippen molar-refractivity contribution in [2.24, 2.45) is 0 Å². The third-order valence-corrected chi connectivity index (χ3v) is 1.82. The van der Waals surface area contributed by atoms with Gasteiger partial charge in [0.1, 0.15) is 0 Å². The molecule has 0 bridgehead atoms. The largest absolute Gasteiger partial charge is 0.393 e. The molecule has 0 heterocycles. The Morgan fingerprint density at radius 2 is 1.91 bits per heavy atom. The highest BCUT2D eigenvalue weighted by atomic mass is 16.5. The van der Waals surface area contributed by atoms with Gasteiger partial charge in [-0.2, -0.15) is 0 Å². The van der Waals surface area contributed by atoms with E-state index in [0.717, 1.165) is 0 Å². The Morgan fingerprint density at radius 1 is 1.36 bits per heavy atom. The van der Waals surface area contributed by atoms with Gasteiger partial charge in [-0.1, -0.05) is 6.92 Å². The van der Waals surface area contributed by atoms with Crippen molar-refractivity contribution in [3.05, 3.63) is 0 Å². The molecule has 0 aliphatic carbocycles. The molecular weight excluding hydrogens is 148 g/mol. The fourth-order valence-electron chi connectivity index (χ4n) is 0.765. The molecule has 0 spiro atoms. The first-order valence-electron chi connectivity index (χ1n) is 3.73. The van der Waals surface area contributed by atoms with Gasteiger partial charge >= 0.3 is 0 Å². The van der Waals surface area contributed by atoms with Crippen LogP contribution in [0.2, 0.25) is 0 Å². The van der Waals surface area contributed by atoms with E-state index >= 15 is 0 Å². The van der Waals surface area contributed by atoms with Crippen molar-refractivity contribution >= 4 is 0 Å². The summed E-state index contributed by atoms with van der Waals surface area (Å²) >= 11 is 0. The lowest BCUT2D eigenvalue weighted by atomic mass is 9.96. The summed E-state index contributed by atoms with van der Waals surface area (Å²) in [4.78, 5) is 0. The third-order valence-electron chi connectivity index (χ3n) is 1.82. The molecule has 4 N–H and O–H groups in total. The molecule has 0 rings (SSSR count). The first kappa shape index (κ1) is 10.8. The molecule has 0 aromatic heterocycles. The summed E-state index contributed by atoms with van der Waals surface area (Å²) in [5, 5.41) is 35.0. The molecule has 0 aromatic rings. The minimum Gasteiger partial charge on any atom is -0.393 e. The topological polar surface area (TPSA) is 80.9 Å². The lowest BCUT2D eigenvalue weighted by Gasteiger charge is -2.24. The standard InChI is InChI=1S/C7H16O4/c1-2-7(11,5-8)4-3-6(9)10/h6,8-11H,2-5H2,1H3. The fraction of sp³-hybridized carbons (Fsp3) is 1.00. The van der Waals surface area contributed by atoms with Crippen molar-refractivity contribution in [2.75, 3.05) is 6.61 Å². The highest BCUT2D eigenvalue weighted by Gasteiger charge is 2.23. The van der Waals surface area contributed by atoms with Crippen LogP contribution in [-0.4, -0.2) is 38.9 Å². The second-order valence-corrected chi connectivity index (χ2v) is 2.76. The molecule has 0 amide bonds. The fourth-order valence-corrected chi connectivity index (χ4v) is 0.765. The van der Waals surface area contributed by atoms with Crippen molar-refractivity contribution in [3.63, 3.8) is 0 Å². The average Bonchev–Trinajstić information content (AvgIpc) is 2.00. The number of aliphatic hydroxyl groups excluding tert-OH is 2. The average molecular weight is 164 g/mol. The van der Waals surface area contributed by atoms with Crippen LogP contribution in [0.5, 0.6) is 0 Å². The summed E-state index contributed by atoms with van der Waals surface area (Å²) in [7, 11) is 0. The van der Waals surface area contributed by atoms with Gasteiger partial charge in [-0.25, -0.2) is 0 Å². The molecule has 0 radical (unpaired) electrons. The Kier molecular flexibility index (Phi) is 4.60. The maximum absolute atomic E-state index is 9.41. The molecule has 0 fully saturated rings. The second kappa shape index (κ2) is 4.66. The summed E-state index contributed by atoms with van der Waals surface area (Å²) in [5.74, 6) is 0. The Hall–Kier alpha value is -0.160. The van der Waals surface area contributed by atoms with Gasteiger partial charge in [0.05, 0.1) is 12.2 Å². The summed E-state index contributed by atoms with van der Waals surface area (Å²) in [6, 6.07) is 0. The molecule has 1 atom stereocenters. The maximum Gasteiger partial charge on any atom is 0.151 e. The van der Waals surface area contributed by atoms with Crippen molar-refractivity contribution in [2.45, 2.75) is 38.1 Å². The highest BCUT2D eigenvalue weighted by Crippen LogP contribution is 2.16. The summed E-state index contributed by atoms with van der Waals surface area (Å²) < 4.78 is 0. The van der Waals surface area contributed by atoms with Crippen LogP contribution < -0.4 is 0 Å². The molecule has 4 nitrogen and oxygen atoms in total. The van der Waals surface area contributed by atoms with E-state index < -0.39 is 11.9 Å². The van der Waals surface area contributed by atoms with Crippen LogP contribution in [0.25, 0.3) is 0 Å². The molecule has 0 saturated heterocycles. The van der Waals surface area contributed by atoms with E-state index in [2.05, 4.69) is 0 Å². The quantitative estimate of drug-likeness (QED) is 0.401. The maximum atomic E-state index is 9.41. The summed E-state index contributed by atoms with van der Waals surface area (Å²) in [6.07, 6.45) is -0.696. The van der Waals surface area contributed by atoms with E-state index in [-0.39, 0.29) is 19.4 Å². The van der Waals surface area contributed by atoms with Crippen LogP contribution in [0.4, 0.5) is 0 Å². The Morgan fingerprint density at radius 3 is 2.18 bits per heavy atom. The van der Waals surface area contributed by atoms with Crippen LogP contribution in [0, 0.1) is 0 Å². The van der Waals surface area contributed by atoms with Gasteiger partial charge in [-0.3, -0.25) is 0 Å². The molecule has 0 aromatic carbocycles. The normalized spacial score (nSPS) is 16.9. The van der Waals surface area contributed by atoms with E-state index in [1.165, 1.54) is 0 Å². The smallest absolute Gasteiger partial charge is 0.151 e. The van der Waals surface area contributed by atoms with Gasteiger partial charge in [-0.05, 0) is 12.8 Å². The monoisotopic (exact) mass is 164 g/mol. The lowest BCUT2D eigenvalue weighted by Crippen LogP contribution is -2.33. The van der Waals surface area contributed by atoms with Crippen molar-refractivity contribution in [3.8, 4) is 0 Å². The van der Waals surface area contributed by atoms with E-state index in [1.807, 2.05) is 0 Å². The SMILES string of the molecule is CCC(O)(CO)CCC(O)O. The molecule has 11 heavy (non-hydrogen) atoms. The molecule has 0 saturated carbocycles. The van der Waals surface area contributed by atoms with Crippen LogP contribution in [0.15, 0.2) is 0 Å². The summed E-state index contributed by atoms with van der Waals surface area (Å²) in [6.45, 7) is 1.40. The van der Waals surface area contributed by atoms with Gasteiger partial charge in [0.15, 0.2) is 6.29 Å². The van der Waals surface area contributed by atoms with Crippen LogP contribution >= 0.6 is 0 Å². The highest BCUT2D eigenvalue weighted by molar-refractivity contribution is 4.75. The van der Waals surface area contributed by atoms with E-state index in [4.69, 9.17) is 15.3 Å². The first-order chi connectivity index (χ1) is 5.04. The third kappa shape index (κ3) is 4.31. The first-order valence-corrected chi connectivity index (χ1v) is 3.73. The molecule has 68 valence electrons. The minimum atomic E-state index is -1.40. The molecule has 1 unspecified atom stereocenters. The molecule has 0 aliphatic heterocycles. The number of aliphatic hydroxyl groups is 4. The number of hydrogen-bond acceptors (Lipinski definition) is 4. The predicted octanol–water partition coefficient (Wildman–Crippen LogP) is -0.789. The van der Waals surface area contributed by atoms with Gasteiger partial charge < -0.3 is 20.4 Å². The molecule has 4 heteroatoms. The lowest BCUT2D eigenvalue weighted by molar-refractivity contribution is -0.0795. The van der Waals surface area contributed by atoms with E-state index in [0.29, 0.717) is 6.42 Å². The number of rotatable bonds is 5. The molecular formula is C7H16O4. The van der Waals surface area contributed by atoms with Gasteiger partial charge in [0.2, 0.25) is 0 Å². The van der Waals surface area contributed by atoms with E-state index in [9.17, 15) is 5.11 Å². The van der Waals surface area contributed by atoms with Crippen LogP contribution in [0.1, 0.15) is 26.2 Å². The van der Waals surface area contributed by atoms with E-state index in [1.54, 1.807) is 6.92 Å². The Balaban J connectivity index is 3.69. The van der Waals surface area contributed by atoms with Crippen LogP contribution in [-0.2, 0) is 0 Å². The summed E-state index contributed by atoms with van der Waals surface area (Å²) in [5.41, 5.74) is -1.15. The van der Waals surface area contributed by atoms with Gasteiger partial charge in [-0.15, -0.1) is 0 Å². The zero-order chi connectivity index (χ0) is 8.91. The molecule has 0 aliphatic rings. The Labute approximate surface area is 66.1 Å². The van der Waals surface area contributed by atoms with Crippen molar-refractivity contribution in [1.82, 2.24) is 0 Å². The van der Waals surface area contributed by atoms with Crippen LogP contribution in [0.3, 0.4) is 0 Å². The number of hydrogen-bond donors (Lipinski definition) is 4. The van der Waals surface area contributed by atoms with Gasteiger partial charge in [0.25, 0.3) is 0 Å². The zero-order valence-electron chi connectivity index (χ0n) is 6.69. The Bertz CT molecular complexity index is 98.6. The predicted molar refractivity (Wildman–Crippen MR) is 39.8 cm³/mol. The van der Waals surface area contributed by atoms with Gasteiger partial charge in [0, 0.05) is 6.42 Å². The minimum absolute atomic E-state index is 0.0882. The van der Waals surface area contributed by atoms with Crippen molar-refractivity contribution < 1.29 is 20.4 Å². The second-order valence-electron chi connectivity index (χ2n) is 2.76.